The molecular weight excluding hydrogens is 160 g/mol. The first-order chi connectivity index (χ1) is 5.20. The van der Waals surface area contributed by atoms with Crippen LogP contribution in [0.2, 0.25) is 0 Å². The molecule has 0 amide bonds. The fourth-order valence-corrected chi connectivity index (χ4v) is 0.809. The second kappa shape index (κ2) is 3.48. The van der Waals surface area contributed by atoms with Gasteiger partial charge in [-0.05, 0) is 12.2 Å². The predicted molar refractivity (Wildman–Crippen MR) is 45.0 cm³/mol. The summed E-state index contributed by atoms with van der Waals surface area (Å²) >= 11 is 4.77. The van der Waals surface area contributed by atoms with Crippen LogP contribution in [0.3, 0.4) is 0 Å². The van der Waals surface area contributed by atoms with E-state index < -0.39 is 0 Å². The number of aromatic nitrogens is 2. The van der Waals surface area contributed by atoms with Crippen molar-refractivity contribution in [2.75, 3.05) is 0 Å². The standard InChI is InChI=1S/C7H10N2OS/c1-6(11)10-5-7-8-3-4-9(7)2/h3-4H,5H2,1-2H3/p+1. The molecule has 0 bridgehead atoms. The number of aromatic amines is 1. The minimum atomic E-state index is 0.513. The van der Waals surface area contributed by atoms with Gasteiger partial charge in [0.25, 0.3) is 5.82 Å². The monoisotopic (exact) mass is 171 g/mol. The van der Waals surface area contributed by atoms with Crippen LogP contribution in [-0.4, -0.2) is 10.0 Å². The molecule has 0 radical (unpaired) electrons. The molecule has 60 valence electrons. The van der Waals surface area contributed by atoms with Gasteiger partial charge in [-0.25, -0.2) is 9.55 Å². The number of thiocarbonyl (C=S) groups is 1. The third kappa shape index (κ3) is 2.31. The molecule has 0 aromatic carbocycles. The summed E-state index contributed by atoms with van der Waals surface area (Å²) in [5.74, 6) is 1.01. The number of nitrogens with zero attached hydrogens (tertiary/aromatic N) is 1. The number of H-pyrrole nitrogens is 1. The average molecular weight is 171 g/mol. The predicted octanol–water partition coefficient (Wildman–Crippen LogP) is 0.703. The molecule has 1 aromatic heterocycles. The molecule has 0 fully saturated rings. The molecule has 0 aliphatic carbocycles. The Morgan fingerprint density at radius 3 is 3.00 bits per heavy atom. The van der Waals surface area contributed by atoms with Gasteiger partial charge in [0.05, 0.1) is 7.05 Å². The summed E-state index contributed by atoms with van der Waals surface area (Å²) < 4.78 is 7.10. The molecule has 11 heavy (non-hydrogen) atoms. The minimum absolute atomic E-state index is 0.513. The Hall–Kier alpha value is -0.900. The van der Waals surface area contributed by atoms with Crippen molar-refractivity contribution in [1.82, 2.24) is 4.98 Å². The third-order valence-corrected chi connectivity index (χ3v) is 1.50. The number of rotatable bonds is 2. The van der Waals surface area contributed by atoms with Crippen molar-refractivity contribution in [3.8, 4) is 0 Å². The first-order valence-electron chi connectivity index (χ1n) is 3.35. The molecule has 0 saturated heterocycles. The van der Waals surface area contributed by atoms with Crippen molar-refractivity contribution < 1.29 is 9.30 Å². The van der Waals surface area contributed by atoms with Crippen LogP contribution in [0.1, 0.15) is 12.7 Å². The molecule has 0 atom stereocenters. The Morgan fingerprint density at radius 2 is 2.55 bits per heavy atom. The molecule has 3 nitrogen and oxygen atoms in total. The van der Waals surface area contributed by atoms with Crippen LogP contribution in [0, 0.1) is 0 Å². The molecule has 0 saturated carbocycles. The summed E-state index contributed by atoms with van der Waals surface area (Å²) in [6.45, 7) is 2.27. The number of nitrogens with one attached hydrogen (secondary N) is 1. The fraction of sp³-hybridized carbons (Fsp3) is 0.429. The molecule has 0 unspecified atom stereocenters. The molecular formula is C7H11N2OS+. The third-order valence-electron chi connectivity index (χ3n) is 1.39. The van der Waals surface area contributed by atoms with Crippen molar-refractivity contribution in [3.63, 3.8) is 0 Å². The maximum atomic E-state index is 5.15. The second-order valence-electron chi connectivity index (χ2n) is 2.30. The van der Waals surface area contributed by atoms with Gasteiger partial charge in [-0.15, -0.1) is 0 Å². The lowest BCUT2D eigenvalue weighted by Gasteiger charge is -1.97. The first-order valence-corrected chi connectivity index (χ1v) is 3.76. The molecule has 1 heterocycles. The van der Waals surface area contributed by atoms with E-state index in [0.29, 0.717) is 11.7 Å². The Morgan fingerprint density at radius 1 is 1.82 bits per heavy atom. The lowest BCUT2D eigenvalue weighted by Crippen LogP contribution is -2.30. The van der Waals surface area contributed by atoms with Crippen molar-refractivity contribution in [2.24, 2.45) is 7.05 Å². The van der Waals surface area contributed by atoms with Crippen molar-refractivity contribution in [1.29, 1.82) is 0 Å². The molecule has 4 heteroatoms. The van der Waals surface area contributed by atoms with E-state index in [2.05, 4.69) is 4.98 Å². The summed E-state index contributed by atoms with van der Waals surface area (Å²) in [5, 5.41) is 0.569. The van der Waals surface area contributed by atoms with Crippen molar-refractivity contribution in [2.45, 2.75) is 13.5 Å². The van der Waals surface area contributed by atoms with Crippen molar-refractivity contribution in [3.05, 3.63) is 18.2 Å². The largest absolute Gasteiger partial charge is 0.475 e. The molecule has 0 aliphatic rings. The van der Waals surface area contributed by atoms with E-state index in [4.69, 9.17) is 17.0 Å². The smallest absolute Gasteiger partial charge is 0.292 e. The molecule has 1 rings (SSSR count). The Kier molecular flexibility index (Phi) is 2.59. The zero-order chi connectivity index (χ0) is 8.27. The van der Waals surface area contributed by atoms with Crippen LogP contribution >= 0.6 is 12.2 Å². The van der Waals surface area contributed by atoms with Gasteiger partial charge in [0.2, 0.25) is 0 Å². The van der Waals surface area contributed by atoms with Crippen LogP contribution in [0.4, 0.5) is 0 Å². The van der Waals surface area contributed by atoms with E-state index in [-0.39, 0.29) is 0 Å². The van der Waals surface area contributed by atoms with Crippen LogP contribution < -0.4 is 4.57 Å². The lowest BCUT2D eigenvalue weighted by molar-refractivity contribution is -0.679. The number of imidazole rings is 1. The minimum Gasteiger partial charge on any atom is -0.475 e. The highest BCUT2D eigenvalue weighted by atomic mass is 32.1. The van der Waals surface area contributed by atoms with E-state index in [1.54, 1.807) is 6.92 Å². The van der Waals surface area contributed by atoms with Gasteiger partial charge in [0.15, 0.2) is 11.7 Å². The van der Waals surface area contributed by atoms with E-state index in [0.717, 1.165) is 5.82 Å². The normalized spacial score (nSPS) is 9.64. The molecule has 1 N–H and O–H groups in total. The van der Waals surface area contributed by atoms with E-state index in [9.17, 15) is 0 Å². The van der Waals surface area contributed by atoms with E-state index in [1.165, 1.54) is 0 Å². The highest BCUT2D eigenvalue weighted by Gasteiger charge is 2.05. The zero-order valence-electron chi connectivity index (χ0n) is 6.63. The summed E-state index contributed by atoms with van der Waals surface area (Å²) in [7, 11) is 1.95. The highest BCUT2D eigenvalue weighted by Crippen LogP contribution is 1.90. The quantitative estimate of drug-likeness (QED) is 0.524. The van der Waals surface area contributed by atoms with Crippen LogP contribution in [0.15, 0.2) is 12.4 Å². The van der Waals surface area contributed by atoms with E-state index in [1.807, 2.05) is 24.0 Å². The second-order valence-corrected chi connectivity index (χ2v) is 2.87. The van der Waals surface area contributed by atoms with Gasteiger partial charge in [-0.2, -0.15) is 0 Å². The van der Waals surface area contributed by atoms with Crippen LogP contribution in [0.5, 0.6) is 0 Å². The molecule has 1 aromatic rings. The van der Waals surface area contributed by atoms with Gasteiger partial charge in [-0.1, -0.05) is 0 Å². The summed E-state index contributed by atoms with van der Waals surface area (Å²) in [5.41, 5.74) is 0. The van der Waals surface area contributed by atoms with Gasteiger partial charge >= 0.3 is 0 Å². The van der Waals surface area contributed by atoms with Gasteiger partial charge in [0.1, 0.15) is 12.4 Å². The highest BCUT2D eigenvalue weighted by molar-refractivity contribution is 7.80. The van der Waals surface area contributed by atoms with Gasteiger partial charge < -0.3 is 4.74 Å². The first kappa shape index (κ1) is 8.20. The number of aryl methyl sites for hydroxylation is 1. The average Bonchev–Trinajstić information content (AvgIpc) is 2.31. The molecule has 0 aliphatic heterocycles. The SMILES string of the molecule is CC(=S)OCc1[nH]cc[n+]1C. The number of hydrogen-bond donors (Lipinski definition) is 1. The van der Waals surface area contributed by atoms with Crippen LogP contribution in [0.25, 0.3) is 0 Å². The lowest BCUT2D eigenvalue weighted by atomic mass is 10.6. The fourth-order valence-electron chi connectivity index (χ4n) is 0.751. The van der Waals surface area contributed by atoms with E-state index >= 15 is 0 Å². The topological polar surface area (TPSA) is 28.9 Å². The zero-order valence-corrected chi connectivity index (χ0v) is 7.44. The summed E-state index contributed by atoms with van der Waals surface area (Å²) in [6.07, 6.45) is 3.79. The maximum absolute atomic E-state index is 5.15. The number of hydrogen-bond acceptors (Lipinski definition) is 2. The van der Waals surface area contributed by atoms with Gasteiger partial charge in [-0.3, -0.25) is 0 Å². The van der Waals surface area contributed by atoms with Gasteiger partial charge in [0, 0.05) is 6.92 Å². The Bertz CT molecular complexity index is 257. The number of ether oxygens (including phenoxy) is 1. The maximum Gasteiger partial charge on any atom is 0.292 e. The summed E-state index contributed by atoms with van der Waals surface area (Å²) in [6, 6.07) is 0. The molecule has 0 spiro atoms. The summed E-state index contributed by atoms with van der Waals surface area (Å²) in [4.78, 5) is 3.04. The van der Waals surface area contributed by atoms with Crippen LogP contribution in [-0.2, 0) is 18.4 Å². The Labute approximate surface area is 71.0 Å². The van der Waals surface area contributed by atoms with Crippen molar-refractivity contribution >= 4 is 17.3 Å². The Balaban J connectivity index is 2.51.